The van der Waals surface area contributed by atoms with Crippen molar-refractivity contribution in [3.05, 3.63) is 49.1 Å². The van der Waals surface area contributed by atoms with Crippen LogP contribution >= 0.6 is 0 Å². The molecule has 0 spiro atoms. The van der Waals surface area contributed by atoms with E-state index in [0.717, 1.165) is 34.8 Å². The van der Waals surface area contributed by atoms with Crippen LogP contribution in [-0.4, -0.2) is 25.9 Å². The molecule has 0 radical (unpaired) electrons. The molecule has 1 aromatic carbocycles. The molecule has 3 aromatic heterocycles. The van der Waals surface area contributed by atoms with Crippen LogP contribution < -0.4 is 5.32 Å². The Bertz CT molecular complexity index is 919. The fourth-order valence-electron chi connectivity index (χ4n) is 2.57. The van der Waals surface area contributed by atoms with Crippen LogP contribution in [0.4, 0.5) is 5.82 Å². The highest BCUT2D eigenvalue weighted by molar-refractivity contribution is 5.84. The third-order valence-corrected chi connectivity index (χ3v) is 3.57. The Hall–Kier alpha value is -2.82. The Morgan fingerprint density at radius 1 is 1.29 bits per heavy atom. The Morgan fingerprint density at radius 3 is 3.14 bits per heavy atom. The van der Waals surface area contributed by atoms with E-state index in [9.17, 15) is 0 Å². The molecule has 0 unspecified atom stereocenters. The van der Waals surface area contributed by atoms with Gasteiger partial charge in [-0.05, 0) is 25.1 Å². The molecule has 4 rings (SSSR count). The summed E-state index contributed by atoms with van der Waals surface area (Å²) >= 11 is 0. The zero-order valence-corrected chi connectivity index (χ0v) is 11.7. The number of aromatic nitrogens is 4. The van der Waals surface area contributed by atoms with Crippen LogP contribution in [0.25, 0.3) is 27.8 Å². The first kappa shape index (κ1) is 12.0. The Labute approximate surface area is 121 Å². The standard InChI is InChI=1S/C16H15N5/c1-2-17-15-16-19-7-8-21(16)10-14(20-15)11-3-4-13-12(9-11)5-6-18-13/h3-10,18H,2H2,1H3,(H,17,20). The molecule has 104 valence electrons. The van der Waals surface area contributed by atoms with Gasteiger partial charge in [0.25, 0.3) is 0 Å². The lowest BCUT2D eigenvalue weighted by molar-refractivity contribution is 1.10. The fraction of sp³-hybridized carbons (Fsp3) is 0.125. The maximum Gasteiger partial charge on any atom is 0.180 e. The fourth-order valence-corrected chi connectivity index (χ4v) is 2.57. The summed E-state index contributed by atoms with van der Waals surface area (Å²) in [6, 6.07) is 8.38. The van der Waals surface area contributed by atoms with Crippen molar-refractivity contribution in [3.63, 3.8) is 0 Å². The average molecular weight is 277 g/mol. The Kier molecular flexibility index (Phi) is 2.64. The lowest BCUT2D eigenvalue weighted by Gasteiger charge is -2.08. The minimum absolute atomic E-state index is 0.814. The first-order valence-electron chi connectivity index (χ1n) is 7.00. The smallest absolute Gasteiger partial charge is 0.180 e. The zero-order valence-electron chi connectivity index (χ0n) is 11.7. The summed E-state index contributed by atoms with van der Waals surface area (Å²) in [4.78, 5) is 12.3. The zero-order chi connectivity index (χ0) is 14.2. The van der Waals surface area contributed by atoms with Gasteiger partial charge in [0.05, 0.1) is 5.69 Å². The van der Waals surface area contributed by atoms with Gasteiger partial charge in [0.2, 0.25) is 0 Å². The van der Waals surface area contributed by atoms with Gasteiger partial charge in [-0.15, -0.1) is 0 Å². The molecule has 0 bridgehead atoms. The first-order chi connectivity index (χ1) is 10.3. The van der Waals surface area contributed by atoms with E-state index >= 15 is 0 Å². The largest absolute Gasteiger partial charge is 0.367 e. The molecule has 0 atom stereocenters. The van der Waals surface area contributed by atoms with Crippen LogP contribution in [0.1, 0.15) is 6.92 Å². The first-order valence-corrected chi connectivity index (χ1v) is 7.00. The molecule has 0 aliphatic rings. The van der Waals surface area contributed by atoms with Crippen LogP contribution in [0.15, 0.2) is 49.1 Å². The van der Waals surface area contributed by atoms with Gasteiger partial charge in [0.15, 0.2) is 11.5 Å². The summed E-state index contributed by atoms with van der Waals surface area (Å²) in [7, 11) is 0. The SMILES string of the molecule is CCNc1nc(-c2ccc3[nH]ccc3c2)cn2ccnc12. The van der Waals surface area contributed by atoms with E-state index in [1.165, 1.54) is 5.39 Å². The van der Waals surface area contributed by atoms with Gasteiger partial charge in [-0.1, -0.05) is 6.07 Å². The molecule has 2 N–H and O–H groups in total. The number of fused-ring (bicyclic) bond motifs is 2. The second kappa shape index (κ2) is 4.63. The van der Waals surface area contributed by atoms with Crippen molar-refractivity contribution in [2.24, 2.45) is 0 Å². The second-order valence-electron chi connectivity index (χ2n) is 4.94. The molecule has 21 heavy (non-hydrogen) atoms. The third kappa shape index (κ3) is 1.94. The van der Waals surface area contributed by atoms with Crippen LogP contribution in [-0.2, 0) is 0 Å². The summed E-state index contributed by atoms with van der Waals surface area (Å²) in [6.07, 6.45) is 7.69. The quantitative estimate of drug-likeness (QED) is 0.604. The van der Waals surface area contributed by atoms with Crippen LogP contribution in [0, 0.1) is 0 Å². The molecule has 0 fully saturated rings. The van der Waals surface area contributed by atoms with E-state index in [-0.39, 0.29) is 0 Å². The number of rotatable bonds is 3. The molecular formula is C16H15N5. The van der Waals surface area contributed by atoms with Crippen molar-refractivity contribution in [3.8, 4) is 11.3 Å². The van der Waals surface area contributed by atoms with Crippen molar-refractivity contribution < 1.29 is 0 Å². The van der Waals surface area contributed by atoms with Crippen LogP contribution in [0.2, 0.25) is 0 Å². The number of anilines is 1. The maximum atomic E-state index is 4.72. The lowest BCUT2D eigenvalue weighted by Crippen LogP contribution is -2.03. The number of aromatic amines is 1. The lowest BCUT2D eigenvalue weighted by atomic mass is 10.1. The highest BCUT2D eigenvalue weighted by atomic mass is 15.1. The number of imidazole rings is 1. The predicted octanol–water partition coefficient (Wildman–Crippen LogP) is 3.31. The average Bonchev–Trinajstić information content (AvgIpc) is 3.15. The minimum atomic E-state index is 0.814. The highest BCUT2D eigenvalue weighted by Gasteiger charge is 2.09. The number of nitrogens with zero attached hydrogens (tertiary/aromatic N) is 3. The van der Waals surface area contributed by atoms with E-state index in [4.69, 9.17) is 4.98 Å². The van der Waals surface area contributed by atoms with Gasteiger partial charge in [0.1, 0.15) is 0 Å². The Balaban J connectivity index is 1.91. The van der Waals surface area contributed by atoms with Crippen molar-refractivity contribution >= 4 is 22.4 Å². The summed E-state index contributed by atoms with van der Waals surface area (Å²) in [5.41, 5.74) is 4.01. The van der Waals surface area contributed by atoms with E-state index in [1.807, 2.05) is 23.0 Å². The maximum absolute atomic E-state index is 4.72. The number of hydrogen-bond acceptors (Lipinski definition) is 3. The molecule has 5 nitrogen and oxygen atoms in total. The van der Waals surface area contributed by atoms with Gasteiger partial charge in [-0.3, -0.25) is 0 Å². The minimum Gasteiger partial charge on any atom is -0.367 e. The van der Waals surface area contributed by atoms with Crippen molar-refractivity contribution in [2.45, 2.75) is 6.92 Å². The van der Waals surface area contributed by atoms with Crippen molar-refractivity contribution in [1.29, 1.82) is 0 Å². The van der Waals surface area contributed by atoms with Gasteiger partial charge in [0, 0.05) is 47.8 Å². The molecule has 0 amide bonds. The Morgan fingerprint density at radius 2 is 2.24 bits per heavy atom. The topological polar surface area (TPSA) is 58.0 Å². The highest BCUT2D eigenvalue weighted by Crippen LogP contribution is 2.25. The molecule has 3 heterocycles. The van der Waals surface area contributed by atoms with E-state index in [0.29, 0.717) is 0 Å². The molecule has 0 saturated heterocycles. The van der Waals surface area contributed by atoms with Crippen molar-refractivity contribution in [2.75, 3.05) is 11.9 Å². The number of H-pyrrole nitrogens is 1. The van der Waals surface area contributed by atoms with Gasteiger partial charge < -0.3 is 14.7 Å². The second-order valence-corrected chi connectivity index (χ2v) is 4.94. The summed E-state index contributed by atoms with van der Waals surface area (Å²) in [6.45, 7) is 2.87. The van der Waals surface area contributed by atoms with Crippen molar-refractivity contribution in [1.82, 2.24) is 19.4 Å². The normalized spacial score (nSPS) is 11.3. The molecule has 0 saturated carbocycles. The summed E-state index contributed by atoms with van der Waals surface area (Å²) < 4.78 is 2.00. The summed E-state index contributed by atoms with van der Waals surface area (Å²) in [5.74, 6) is 0.814. The monoisotopic (exact) mass is 277 g/mol. The molecular weight excluding hydrogens is 262 g/mol. The van der Waals surface area contributed by atoms with Crippen LogP contribution in [0.5, 0.6) is 0 Å². The number of benzene rings is 1. The summed E-state index contributed by atoms with van der Waals surface area (Å²) in [5, 5.41) is 4.46. The van der Waals surface area contributed by atoms with Gasteiger partial charge in [-0.2, -0.15) is 0 Å². The predicted molar refractivity (Wildman–Crippen MR) is 84.4 cm³/mol. The number of hydrogen-bond donors (Lipinski definition) is 2. The van der Waals surface area contributed by atoms with Gasteiger partial charge >= 0.3 is 0 Å². The van der Waals surface area contributed by atoms with Gasteiger partial charge in [-0.25, -0.2) is 9.97 Å². The third-order valence-electron chi connectivity index (χ3n) is 3.57. The van der Waals surface area contributed by atoms with Crippen LogP contribution in [0.3, 0.4) is 0 Å². The molecule has 4 aromatic rings. The molecule has 5 heteroatoms. The molecule has 0 aliphatic carbocycles. The van der Waals surface area contributed by atoms with E-state index < -0.39 is 0 Å². The molecule has 0 aliphatic heterocycles. The van der Waals surface area contributed by atoms with E-state index in [1.54, 1.807) is 6.20 Å². The van der Waals surface area contributed by atoms with E-state index in [2.05, 4.69) is 46.5 Å². The number of nitrogens with one attached hydrogen (secondary N) is 2.